The van der Waals surface area contributed by atoms with Crippen LogP contribution in [0.15, 0.2) is 24.3 Å². The normalized spacial score (nSPS) is 21.9. The minimum Gasteiger partial charge on any atom is -0.447 e. The summed E-state index contributed by atoms with van der Waals surface area (Å²) in [6.45, 7) is 2.51. The van der Waals surface area contributed by atoms with Gasteiger partial charge in [-0.15, -0.1) is 0 Å². The molecule has 3 rings (SSSR count). The molecule has 0 bridgehead atoms. The van der Waals surface area contributed by atoms with Gasteiger partial charge >= 0.3 is 6.09 Å². The van der Waals surface area contributed by atoms with Gasteiger partial charge in [-0.25, -0.2) is 4.79 Å². The molecule has 2 saturated heterocycles. The Morgan fingerprint density at radius 2 is 2.00 bits per heavy atom. The summed E-state index contributed by atoms with van der Waals surface area (Å²) in [6, 6.07) is 7.13. The Morgan fingerprint density at radius 1 is 1.27 bits per heavy atom. The van der Waals surface area contributed by atoms with Crippen molar-refractivity contribution in [3.63, 3.8) is 0 Å². The number of anilines is 2. The van der Waals surface area contributed by atoms with E-state index in [1.54, 1.807) is 4.90 Å². The predicted molar refractivity (Wildman–Crippen MR) is 81.2 cm³/mol. The van der Waals surface area contributed by atoms with Gasteiger partial charge in [-0.1, -0.05) is 0 Å². The summed E-state index contributed by atoms with van der Waals surface area (Å²) in [5.41, 5.74) is 1.69. The van der Waals surface area contributed by atoms with E-state index in [2.05, 4.69) is 5.32 Å². The SMILES string of the molecule is O=C(CO)C1CNCCN1c1ccc(N2CCOC2=O)cc1. The molecule has 7 nitrogen and oxygen atoms in total. The number of amides is 1. The summed E-state index contributed by atoms with van der Waals surface area (Å²) in [5.74, 6) is -0.195. The number of hydrogen-bond donors (Lipinski definition) is 2. The van der Waals surface area contributed by atoms with E-state index in [-0.39, 0.29) is 17.9 Å². The Hall–Kier alpha value is -2.12. The van der Waals surface area contributed by atoms with E-state index in [1.165, 1.54) is 0 Å². The number of carbonyl (C=O) groups is 2. The number of ether oxygens (including phenoxy) is 1. The fourth-order valence-electron chi connectivity index (χ4n) is 2.86. The maximum absolute atomic E-state index is 11.9. The van der Waals surface area contributed by atoms with Crippen LogP contribution in [0.1, 0.15) is 0 Å². The predicted octanol–water partition coefficient (Wildman–Crippen LogP) is -0.0172. The number of aliphatic hydroxyl groups is 1. The third-order valence-electron chi connectivity index (χ3n) is 4.02. The summed E-state index contributed by atoms with van der Waals surface area (Å²) in [6.07, 6.45) is -0.330. The highest BCUT2D eigenvalue weighted by Gasteiger charge is 2.28. The number of benzene rings is 1. The van der Waals surface area contributed by atoms with E-state index in [4.69, 9.17) is 9.84 Å². The zero-order valence-corrected chi connectivity index (χ0v) is 12.2. The molecule has 1 atom stereocenters. The maximum atomic E-state index is 11.9. The lowest BCUT2D eigenvalue weighted by Gasteiger charge is -2.36. The number of hydrogen-bond acceptors (Lipinski definition) is 6. The number of carbonyl (C=O) groups excluding carboxylic acids is 2. The lowest BCUT2D eigenvalue weighted by atomic mass is 10.1. The molecule has 2 aliphatic heterocycles. The number of nitrogens with zero attached hydrogens (tertiary/aromatic N) is 2. The second-order valence-electron chi connectivity index (χ2n) is 5.32. The molecule has 0 aromatic heterocycles. The minimum absolute atomic E-state index is 0.195. The average molecular weight is 305 g/mol. The standard InChI is InChI=1S/C15H19N3O4/c19-10-14(20)13-9-16-5-6-17(13)11-1-3-12(4-2-11)18-7-8-22-15(18)21/h1-4,13,16,19H,5-10H2. The molecule has 2 N–H and O–H groups in total. The highest BCUT2D eigenvalue weighted by atomic mass is 16.6. The first-order valence-electron chi connectivity index (χ1n) is 7.36. The van der Waals surface area contributed by atoms with Crippen molar-refractivity contribution >= 4 is 23.3 Å². The van der Waals surface area contributed by atoms with Crippen molar-refractivity contribution in [2.75, 3.05) is 49.2 Å². The van der Waals surface area contributed by atoms with E-state index < -0.39 is 6.61 Å². The van der Waals surface area contributed by atoms with Gasteiger partial charge in [0.1, 0.15) is 19.3 Å². The largest absolute Gasteiger partial charge is 0.447 e. The monoisotopic (exact) mass is 305 g/mol. The van der Waals surface area contributed by atoms with Gasteiger partial charge < -0.3 is 20.1 Å². The third kappa shape index (κ3) is 2.77. The molecule has 0 aliphatic carbocycles. The summed E-state index contributed by atoms with van der Waals surface area (Å²) in [4.78, 5) is 27.0. The number of rotatable bonds is 4. The van der Waals surface area contributed by atoms with Gasteiger partial charge in [0.15, 0.2) is 5.78 Å². The van der Waals surface area contributed by atoms with Crippen molar-refractivity contribution in [3.05, 3.63) is 24.3 Å². The molecular formula is C15H19N3O4. The fourth-order valence-corrected chi connectivity index (χ4v) is 2.86. The number of ketones is 1. The van der Waals surface area contributed by atoms with Crippen LogP contribution in [0.4, 0.5) is 16.2 Å². The molecule has 1 amide bonds. The molecule has 1 aromatic rings. The van der Waals surface area contributed by atoms with Crippen LogP contribution in [-0.2, 0) is 9.53 Å². The number of piperazine rings is 1. The third-order valence-corrected chi connectivity index (χ3v) is 4.02. The lowest BCUT2D eigenvalue weighted by molar-refractivity contribution is -0.123. The smallest absolute Gasteiger partial charge is 0.414 e. The summed E-state index contributed by atoms with van der Waals surface area (Å²) < 4.78 is 4.93. The van der Waals surface area contributed by atoms with Crippen molar-refractivity contribution in [2.45, 2.75) is 6.04 Å². The lowest BCUT2D eigenvalue weighted by Crippen LogP contribution is -2.55. The molecule has 7 heteroatoms. The Kier molecular flexibility index (Phi) is 4.26. The number of cyclic esters (lactones) is 1. The highest BCUT2D eigenvalue weighted by molar-refractivity contribution is 5.90. The van der Waals surface area contributed by atoms with Crippen LogP contribution in [0.2, 0.25) is 0 Å². The zero-order chi connectivity index (χ0) is 15.5. The molecule has 22 heavy (non-hydrogen) atoms. The second-order valence-corrected chi connectivity index (χ2v) is 5.32. The summed E-state index contributed by atoms with van der Waals surface area (Å²) in [7, 11) is 0. The Balaban J connectivity index is 1.78. The molecule has 118 valence electrons. The van der Waals surface area contributed by atoms with E-state index in [1.807, 2.05) is 29.2 Å². The Bertz CT molecular complexity index is 560. The Morgan fingerprint density at radius 3 is 2.64 bits per heavy atom. The van der Waals surface area contributed by atoms with E-state index >= 15 is 0 Å². The van der Waals surface area contributed by atoms with Gasteiger partial charge in [0.2, 0.25) is 0 Å². The fraction of sp³-hybridized carbons (Fsp3) is 0.467. The molecule has 1 aromatic carbocycles. The van der Waals surface area contributed by atoms with E-state index in [0.29, 0.717) is 26.2 Å². The van der Waals surface area contributed by atoms with Gasteiger partial charge in [0.25, 0.3) is 0 Å². The summed E-state index contributed by atoms with van der Waals surface area (Å²) in [5, 5.41) is 12.3. The molecule has 1 unspecified atom stereocenters. The first-order valence-corrected chi connectivity index (χ1v) is 7.36. The summed E-state index contributed by atoms with van der Waals surface area (Å²) >= 11 is 0. The Labute approximate surface area is 128 Å². The molecule has 0 saturated carbocycles. The first kappa shape index (κ1) is 14.8. The molecular weight excluding hydrogens is 286 g/mol. The molecule has 2 heterocycles. The van der Waals surface area contributed by atoms with Gasteiger partial charge in [0.05, 0.1) is 6.54 Å². The van der Waals surface area contributed by atoms with Gasteiger partial charge in [-0.3, -0.25) is 9.69 Å². The van der Waals surface area contributed by atoms with Gasteiger partial charge in [-0.05, 0) is 24.3 Å². The van der Waals surface area contributed by atoms with Crippen LogP contribution in [-0.4, -0.2) is 62.4 Å². The van der Waals surface area contributed by atoms with Gasteiger partial charge in [0, 0.05) is 31.0 Å². The highest BCUT2D eigenvalue weighted by Crippen LogP contribution is 2.25. The number of aliphatic hydroxyl groups excluding tert-OH is 1. The van der Waals surface area contributed by atoms with E-state index in [9.17, 15) is 9.59 Å². The van der Waals surface area contributed by atoms with Crippen molar-refractivity contribution in [1.29, 1.82) is 0 Å². The maximum Gasteiger partial charge on any atom is 0.414 e. The number of nitrogens with one attached hydrogen (secondary N) is 1. The number of Topliss-reactive ketones (excluding diaryl/α,β-unsaturated/α-hetero) is 1. The second kappa shape index (κ2) is 6.33. The van der Waals surface area contributed by atoms with Crippen LogP contribution in [0.5, 0.6) is 0 Å². The van der Waals surface area contributed by atoms with Crippen LogP contribution in [0.3, 0.4) is 0 Å². The first-order chi connectivity index (χ1) is 10.7. The molecule has 0 spiro atoms. The molecule has 2 fully saturated rings. The van der Waals surface area contributed by atoms with Crippen molar-refractivity contribution in [3.8, 4) is 0 Å². The zero-order valence-electron chi connectivity index (χ0n) is 12.2. The average Bonchev–Trinajstić information content (AvgIpc) is 3.00. The van der Waals surface area contributed by atoms with Crippen molar-refractivity contribution < 1.29 is 19.4 Å². The van der Waals surface area contributed by atoms with Crippen LogP contribution < -0.4 is 15.1 Å². The van der Waals surface area contributed by atoms with E-state index in [0.717, 1.165) is 17.9 Å². The topological polar surface area (TPSA) is 82.1 Å². The van der Waals surface area contributed by atoms with Crippen molar-refractivity contribution in [2.24, 2.45) is 0 Å². The quantitative estimate of drug-likeness (QED) is 0.814. The van der Waals surface area contributed by atoms with Crippen molar-refractivity contribution in [1.82, 2.24) is 5.32 Å². The minimum atomic E-state index is -0.458. The molecule has 2 aliphatic rings. The van der Waals surface area contributed by atoms with Crippen LogP contribution in [0, 0.1) is 0 Å². The van der Waals surface area contributed by atoms with Crippen LogP contribution >= 0.6 is 0 Å². The van der Waals surface area contributed by atoms with Crippen LogP contribution in [0.25, 0.3) is 0 Å². The molecule has 0 radical (unpaired) electrons. The van der Waals surface area contributed by atoms with Gasteiger partial charge in [-0.2, -0.15) is 0 Å².